The third-order valence-electron chi connectivity index (χ3n) is 3.31. The summed E-state index contributed by atoms with van der Waals surface area (Å²) in [6.45, 7) is 0.311. The number of nitrogens with zero attached hydrogens (tertiary/aromatic N) is 1. The van der Waals surface area contributed by atoms with Gasteiger partial charge in [-0.3, -0.25) is 9.59 Å². The first-order valence-corrected chi connectivity index (χ1v) is 7.94. The van der Waals surface area contributed by atoms with Gasteiger partial charge < -0.3 is 9.73 Å². The number of ketones is 1. The molecule has 3 rings (SSSR count). The maximum Gasteiger partial charge on any atom is 0.251 e. The third-order valence-corrected chi connectivity index (χ3v) is 4.39. The zero-order chi connectivity index (χ0) is 16.9. The van der Waals surface area contributed by atoms with Gasteiger partial charge in [0.2, 0.25) is 5.78 Å². The fourth-order valence-electron chi connectivity index (χ4n) is 2.12. The van der Waals surface area contributed by atoms with E-state index in [0.29, 0.717) is 28.3 Å². The summed E-state index contributed by atoms with van der Waals surface area (Å²) in [6.07, 6.45) is 1.46. The average molecular weight is 336 g/mol. The number of nitriles is 1. The fourth-order valence-corrected chi connectivity index (χ4v) is 3.02. The smallest absolute Gasteiger partial charge is 0.251 e. The summed E-state index contributed by atoms with van der Waals surface area (Å²) in [5.41, 5.74) is 0.864. The number of rotatable bonds is 5. The SMILES string of the molecule is N#Cc1cccc(C(=O)NCc2ccc(C(=O)c3ccco3)s2)c1. The minimum atomic E-state index is -0.264. The molecule has 118 valence electrons. The highest BCUT2D eigenvalue weighted by Crippen LogP contribution is 2.20. The highest BCUT2D eigenvalue weighted by Gasteiger charge is 2.14. The van der Waals surface area contributed by atoms with Gasteiger partial charge in [-0.1, -0.05) is 6.07 Å². The Kier molecular flexibility index (Phi) is 4.54. The van der Waals surface area contributed by atoms with E-state index in [1.165, 1.54) is 23.7 Å². The second-order valence-electron chi connectivity index (χ2n) is 4.95. The molecule has 2 heterocycles. The van der Waals surface area contributed by atoms with Crippen LogP contribution < -0.4 is 5.32 Å². The lowest BCUT2D eigenvalue weighted by molar-refractivity contribution is 0.0950. The van der Waals surface area contributed by atoms with Crippen molar-refractivity contribution in [1.82, 2.24) is 5.32 Å². The minimum absolute atomic E-state index is 0.177. The van der Waals surface area contributed by atoms with Crippen LogP contribution in [0.2, 0.25) is 0 Å². The topological polar surface area (TPSA) is 83.1 Å². The Balaban J connectivity index is 1.64. The van der Waals surface area contributed by atoms with Gasteiger partial charge in [0.15, 0.2) is 5.76 Å². The molecule has 0 atom stereocenters. The van der Waals surface area contributed by atoms with Crippen molar-refractivity contribution in [2.45, 2.75) is 6.54 Å². The van der Waals surface area contributed by atoms with Crippen molar-refractivity contribution in [2.75, 3.05) is 0 Å². The first-order chi connectivity index (χ1) is 11.7. The van der Waals surface area contributed by atoms with E-state index in [2.05, 4.69) is 5.32 Å². The van der Waals surface area contributed by atoms with E-state index in [1.807, 2.05) is 6.07 Å². The first kappa shape index (κ1) is 15.7. The quantitative estimate of drug-likeness (QED) is 0.724. The van der Waals surface area contributed by atoms with Crippen LogP contribution >= 0.6 is 11.3 Å². The van der Waals surface area contributed by atoms with Gasteiger partial charge in [-0.25, -0.2) is 0 Å². The predicted octanol–water partition coefficient (Wildman–Crippen LogP) is 3.37. The number of amides is 1. The molecule has 0 bridgehead atoms. The summed E-state index contributed by atoms with van der Waals surface area (Å²) in [5, 5.41) is 11.6. The Morgan fingerprint density at radius 3 is 2.79 bits per heavy atom. The maximum atomic E-state index is 12.1. The van der Waals surface area contributed by atoms with Crippen LogP contribution in [0.15, 0.2) is 59.2 Å². The molecule has 1 amide bonds. The van der Waals surface area contributed by atoms with E-state index in [0.717, 1.165) is 4.88 Å². The monoisotopic (exact) mass is 336 g/mol. The van der Waals surface area contributed by atoms with E-state index in [-0.39, 0.29) is 11.7 Å². The van der Waals surface area contributed by atoms with Gasteiger partial charge in [0.1, 0.15) is 0 Å². The summed E-state index contributed by atoms with van der Waals surface area (Å²) >= 11 is 1.31. The molecular formula is C18H12N2O3S. The number of thiophene rings is 1. The Morgan fingerprint density at radius 1 is 1.17 bits per heavy atom. The predicted molar refractivity (Wildman–Crippen MR) is 88.8 cm³/mol. The van der Waals surface area contributed by atoms with Crippen LogP contribution in [-0.4, -0.2) is 11.7 Å². The van der Waals surface area contributed by atoms with Gasteiger partial charge in [0.25, 0.3) is 5.91 Å². The zero-order valence-electron chi connectivity index (χ0n) is 12.5. The molecule has 0 aliphatic heterocycles. The molecule has 1 N–H and O–H groups in total. The molecule has 0 fully saturated rings. The van der Waals surface area contributed by atoms with Gasteiger partial charge in [-0.15, -0.1) is 11.3 Å². The van der Waals surface area contributed by atoms with Crippen molar-refractivity contribution in [3.63, 3.8) is 0 Å². The van der Waals surface area contributed by atoms with Gasteiger partial charge in [-0.05, 0) is 42.5 Å². The van der Waals surface area contributed by atoms with E-state index in [1.54, 1.807) is 42.5 Å². The van der Waals surface area contributed by atoms with Crippen LogP contribution in [0.3, 0.4) is 0 Å². The third kappa shape index (κ3) is 3.42. The molecule has 1 aromatic carbocycles. The van der Waals surface area contributed by atoms with Crippen molar-refractivity contribution in [2.24, 2.45) is 0 Å². The summed E-state index contributed by atoms with van der Waals surface area (Å²) in [5.74, 6) is -0.149. The van der Waals surface area contributed by atoms with E-state index < -0.39 is 0 Å². The number of furan rings is 1. The summed E-state index contributed by atoms with van der Waals surface area (Å²) < 4.78 is 5.10. The van der Waals surface area contributed by atoms with E-state index >= 15 is 0 Å². The Labute approximate surface area is 142 Å². The van der Waals surface area contributed by atoms with Gasteiger partial charge in [-0.2, -0.15) is 5.26 Å². The zero-order valence-corrected chi connectivity index (χ0v) is 13.3. The molecule has 0 saturated heterocycles. The van der Waals surface area contributed by atoms with Crippen LogP contribution in [0.25, 0.3) is 0 Å². The van der Waals surface area contributed by atoms with Crippen molar-refractivity contribution in [3.8, 4) is 6.07 Å². The lowest BCUT2D eigenvalue weighted by Crippen LogP contribution is -2.22. The van der Waals surface area contributed by atoms with Crippen molar-refractivity contribution in [3.05, 3.63) is 81.4 Å². The molecule has 0 aliphatic rings. The van der Waals surface area contributed by atoms with Gasteiger partial charge in [0, 0.05) is 10.4 Å². The maximum absolute atomic E-state index is 12.1. The Hall–Kier alpha value is -3.17. The Morgan fingerprint density at radius 2 is 2.04 bits per heavy atom. The van der Waals surface area contributed by atoms with Gasteiger partial charge in [0.05, 0.1) is 29.3 Å². The van der Waals surface area contributed by atoms with Crippen LogP contribution in [-0.2, 0) is 6.54 Å². The number of benzene rings is 1. The van der Waals surface area contributed by atoms with Crippen molar-refractivity contribution >= 4 is 23.0 Å². The summed E-state index contributed by atoms with van der Waals surface area (Å²) in [4.78, 5) is 25.7. The number of carbonyl (C=O) groups excluding carboxylic acids is 2. The molecule has 24 heavy (non-hydrogen) atoms. The highest BCUT2D eigenvalue weighted by molar-refractivity contribution is 7.14. The molecule has 0 unspecified atom stereocenters. The number of carbonyl (C=O) groups is 2. The van der Waals surface area contributed by atoms with Crippen LogP contribution in [0.1, 0.15) is 36.2 Å². The van der Waals surface area contributed by atoms with Crippen molar-refractivity contribution < 1.29 is 14.0 Å². The average Bonchev–Trinajstić information content (AvgIpc) is 3.31. The van der Waals surface area contributed by atoms with Crippen LogP contribution in [0.5, 0.6) is 0 Å². The molecule has 0 radical (unpaired) electrons. The number of nitrogens with one attached hydrogen (secondary N) is 1. The number of hydrogen-bond acceptors (Lipinski definition) is 5. The molecule has 0 spiro atoms. The largest absolute Gasteiger partial charge is 0.461 e. The molecule has 3 aromatic rings. The lowest BCUT2D eigenvalue weighted by atomic mass is 10.1. The summed E-state index contributed by atoms with van der Waals surface area (Å²) in [7, 11) is 0. The fraction of sp³-hybridized carbons (Fsp3) is 0.0556. The van der Waals surface area contributed by atoms with E-state index in [4.69, 9.17) is 9.68 Å². The lowest BCUT2D eigenvalue weighted by Gasteiger charge is -2.03. The van der Waals surface area contributed by atoms with Crippen LogP contribution in [0, 0.1) is 11.3 Å². The molecule has 5 nitrogen and oxygen atoms in total. The summed E-state index contributed by atoms with van der Waals surface area (Å²) in [6, 6.07) is 15.3. The second-order valence-corrected chi connectivity index (χ2v) is 6.12. The first-order valence-electron chi connectivity index (χ1n) is 7.12. The standard InChI is InChI=1S/C18H12N2O3S/c19-10-12-3-1-4-13(9-12)18(22)20-11-14-6-7-16(24-14)17(21)15-5-2-8-23-15/h1-9H,11H2,(H,20,22). The minimum Gasteiger partial charge on any atom is -0.461 e. The second kappa shape index (κ2) is 6.94. The van der Waals surface area contributed by atoms with E-state index in [9.17, 15) is 9.59 Å². The molecule has 0 aliphatic carbocycles. The normalized spacial score (nSPS) is 10.1. The Bertz CT molecular complexity index is 920. The highest BCUT2D eigenvalue weighted by atomic mass is 32.1. The van der Waals surface area contributed by atoms with Crippen molar-refractivity contribution in [1.29, 1.82) is 5.26 Å². The number of hydrogen-bond donors (Lipinski definition) is 1. The molecular weight excluding hydrogens is 324 g/mol. The molecule has 6 heteroatoms. The molecule has 2 aromatic heterocycles. The van der Waals surface area contributed by atoms with Crippen LogP contribution in [0.4, 0.5) is 0 Å². The van der Waals surface area contributed by atoms with Gasteiger partial charge >= 0.3 is 0 Å². The molecule has 0 saturated carbocycles.